The number of aliphatic hydroxyl groups is 6. The number of benzene rings is 2. The summed E-state index contributed by atoms with van der Waals surface area (Å²) in [5.74, 6) is -3.96. The van der Waals surface area contributed by atoms with Crippen molar-refractivity contribution in [2.45, 2.75) is 68.3 Å². The highest BCUT2D eigenvalue weighted by Gasteiger charge is 2.48. The van der Waals surface area contributed by atoms with E-state index in [1.807, 2.05) is 0 Å². The summed E-state index contributed by atoms with van der Waals surface area (Å²) in [6, 6.07) is 4.01. The summed E-state index contributed by atoms with van der Waals surface area (Å²) in [5, 5.41) is 102. The van der Waals surface area contributed by atoms with Crippen LogP contribution in [0.1, 0.15) is 6.92 Å². The number of phenols is 4. The van der Waals surface area contributed by atoms with Gasteiger partial charge in [-0.3, -0.25) is 4.79 Å². The first-order chi connectivity index (χ1) is 21.2. The normalized spacial score (nSPS) is 32.0. The number of ether oxygens (including phenoxy) is 5. The summed E-state index contributed by atoms with van der Waals surface area (Å²) in [6.45, 7) is 0.797. The van der Waals surface area contributed by atoms with Crippen LogP contribution in [0.2, 0.25) is 0 Å². The van der Waals surface area contributed by atoms with Gasteiger partial charge >= 0.3 is 0 Å². The SMILES string of the molecule is COc1cc(-c2oc3cc(O)cc(O)c3c(=O)c2O[C@@H]2O[C@H](CO[C@@H]3O[C@H](C)[C@H](O)[C@H](O)[C@H]3O)[C@H](O)[C@@H](O)[C@H]2O)cc(O)c1O. The van der Waals surface area contributed by atoms with Crippen LogP contribution in [0.4, 0.5) is 0 Å². The molecule has 45 heavy (non-hydrogen) atoms. The molecule has 0 unspecified atom stereocenters. The molecule has 17 heteroatoms. The van der Waals surface area contributed by atoms with Crippen LogP contribution < -0.4 is 14.9 Å². The van der Waals surface area contributed by atoms with Crippen molar-refractivity contribution in [2.75, 3.05) is 13.7 Å². The fourth-order valence-corrected chi connectivity index (χ4v) is 5.05. The van der Waals surface area contributed by atoms with Crippen molar-refractivity contribution in [3.05, 3.63) is 34.5 Å². The van der Waals surface area contributed by atoms with Gasteiger partial charge in [-0.15, -0.1) is 0 Å². The summed E-state index contributed by atoms with van der Waals surface area (Å²) < 4.78 is 33.0. The average Bonchev–Trinajstić information content (AvgIpc) is 2.99. The second kappa shape index (κ2) is 12.5. The van der Waals surface area contributed by atoms with E-state index < -0.39 is 113 Å². The summed E-state index contributed by atoms with van der Waals surface area (Å²) in [6.07, 6.45) is -16.3. The largest absolute Gasteiger partial charge is 0.508 e. The lowest BCUT2D eigenvalue weighted by Gasteiger charge is -2.42. The minimum atomic E-state index is -2.00. The number of fused-ring (bicyclic) bond motifs is 1. The molecule has 0 bridgehead atoms. The Kier molecular flexibility index (Phi) is 9.00. The molecule has 2 fully saturated rings. The predicted octanol–water partition coefficient (Wildman–Crippen LogP) is -1.68. The Bertz CT molecular complexity index is 1610. The van der Waals surface area contributed by atoms with Gasteiger partial charge in [-0.1, -0.05) is 0 Å². The number of phenolic OH excluding ortho intramolecular Hbond substituents is 4. The van der Waals surface area contributed by atoms with E-state index in [9.17, 15) is 55.9 Å². The first kappa shape index (κ1) is 32.5. The van der Waals surface area contributed by atoms with Crippen molar-refractivity contribution in [3.8, 4) is 45.8 Å². The van der Waals surface area contributed by atoms with Crippen LogP contribution in [0, 0.1) is 0 Å². The molecule has 5 rings (SSSR count). The summed E-state index contributed by atoms with van der Waals surface area (Å²) in [7, 11) is 1.18. The predicted molar refractivity (Wildman–Crippen MR) is 147 cm³/mol. The first-order valence-electron chi connectivity index (χ1n) is 13.5. The lowest BCUT2D eigenvalue weighted by atomic mass is 9.98. The number of rotatable bonds is 7. The highest BCUT2D eigenvalue weighted by molar-refractivity contribution is 5.88. The number of aromatic hydroxyl groups is 4. The van der Waals surface area contributed by atoms with Crippen LogP contribution >= 0.6 is 0 Å². The van der Waals surface area contributed by atoms with Gasteiger partial charge in [0.05, 0.1) is 19.8 Å². The highest BCUT2D eigenvalue weighted by atomic mass is 16.7. The van der Waals surface area contributed by atoms with Crippen LogP contribution in [-0.4, -0.2) is 126 Å². The number of aliphatic hydroxyl groups excluding tert-OH is 6. The zero-order chi connectivity index (χ0) is 32.9. The van der Waals surface area contributed by atoms with Gasteiger partial charge in [-0.2, -0.15) is 0 Å². The van der Waals surface area contributed by atoms with Gasteiger partial charge in [0.15, 0.2) is 23.5 Å². The molecule has 3 aromatic rings. The van der Waals surface area contributed by atoms with Crippen molar-refractivity contribution in [1.82, 2.24) is 0 Å². The zero-order valence-corrected chi connectivity index (χ0v) is 23.6. The van der Waals surface area contributed by atoms with Gasteiger partial charge in [0.25, 0.3) is 0 Å². The van der Waals surface area contributed by atoms with Crippen molar-refractivity contribution < 1.29 is 79.2 Å². The van der Waals surface area contributed by atoms with Crippen LogP contribution in [0.15, 0.2) is 33.5 Å². The lowest BCUT2D eigenvalue weighted by Crippen LogP contribution is -2.61. The minimum Gasteiger partial charge on any atom is -0.508 e. The Labute approximate surface area is 252 Å². The van der Waals surface area contributed by atoms with Crippen LogP contribution in [0.3, 0.4) is 0 Å². The van der Waals surface area contributed by atoms with Crippen molar-refractivity contribution >= 4 is 11.0 Å². The second-order valence-corrected chi connectivity index (χ2v) is 10.6. The van der Waals surface area contributed by atoms with Crippen LogP contribution in [0.5, 0.6) is 34.5 Å². The smallest absolute Gasteiger partial charge is 0.239 e. The topological polar surface area (TPSA) is 279 Å². The summed E-state index contributed by atoms with van der Waals surface area (Å²) >= 11 is 0. The Balaban J connectivity index is 1.51. The number of methoxy groups -OCH3 is 1. The molecule has 246 valence electrons. The first-order valence-corrected chi connectivity index (χ1v) is 13.5. The third kappa shape index (κ3) is 5.92. The maximum absolute atomic E-state index is 13.7. The molecule has 3 heterocycles. The van der Waals surface area contributed by atoms with E-state index in [-0.39, 0.29) is 16.9 Å². The molecule has 2 aliphatic heterocycles. The minimum absolute atomic E-state index is 0.122. The third-order valence-corrected chi connectivity index (χ3v) is 7.59. The molecule has 2 aromatic carbocycles. The monoisotopic (exact) mass is 640 g/mol. The van der Waals surface area contributed by atoms with E-state index >= 15 is 0 Å². The fourth-order valence-electron chi connectivity index (χ4n) is 5.05. The van der Waals surface area contributed by atoms with E-state index in [1.54, 1.807) is 0 Å². The van der Waals surface area contributed by atoms with Gasteiger partial charge in [0.2, 0.25) is 23.2 Å². The Morgan fingerprint density at radius 3 is 2.13 bits per heavy atom. The molecule has 0 spiro atoms. The maximum atomic E-state index is 13.7. The maximum Gasteiger partial charge on any atom is 0.239 e. The molecule has 10 N–H and O–H groups in total. The van der Waals surface area contributed by atoms with E-state index in [0.29, 0.717) is 0 Å². The van der Waals surface area contributed by atoms with Crippen molar-refractivity contribution in [2.24, 2.45) is 0 Å². The number of hydrogen-bond acceptors (Lipinski definition) is 17. The van der Waals surface area contributed by atoms with Crippen molar-refractivity contribution in [3.63, 3.8) is 0 Å². The molecule has 1 aromatic heterocycles. The van der Waals surface area contributed by atoms with Gasteiger partial charge in [-0.05, 0) is 19.1 Å². The molecule has 17 nitrogen and oxygen atoms in total. The molecular weight excluding hydrogens is 608 g/mol. The van der Waals surface area contributed by atoms with Gasteiger partial charge < -0.3 is 79.2 Å². The standard InChI is InChI=1S/C28H32O17/c1-8-17(32)21(36)23(38)27(42-8)41-7-15-19(34)22(37)24(39)28(44-15)45-26-20(35)16-11(30)5-10(29)6-13(16)43-25(26)9-3-12(31)18(33)14(4-9)40-2/h3-6,8,15,17,19,21-24,27-34,36-39H,7H2,1-2H3/t8-,15-,17+,19+,21+,22-,23-,24-,27-,28+/m1/s1. The fraction of sp³-hybridized carbons (Fsp3) is 0.464. The van der Waals surface area contributed by atoms with E-state index in [1.165, 1.54) is 14.0 Å². The molecule has 0 amide bonds. The van der Waals surface area contributed by atoms with E-state index in [2.05, 4.69) is 0 Å². The van der Waals surface area contributed by atoms with Gasteiger partial charge in [0, 0.05) is 17.7 Å². The van der Waals surface area contributed by atoms with Crippen molar-refractivity contribution in [1.29, 1.82) is 0 Å². The Morgan fingerprint density at radius 1 is 0.778 bits per heavy atom. The molecule has 0 aliphatic carbocycles. The molecule has 0 saturated carbocycles. The Morgan fingerprint density at radius 2 is 1.44 bits per heavy atom. The lowest BCUT2D eigenvalue weighted by molar-refractivity contribution is -0.318. The van der Waals surface area contributed by atoms with Crippen LogP contribution in [-0.2, 0) is 14.2 Å². The average molecular weight is 641 g/mol. The van der Waals surface area contributed by atoms with Crippen LogP contribution in [0.25, 0.3) is 22.3 Å². The third-order valence-electron chi connectivity index (χ3n) is 7.59. The molecule has 2 aliphatic rings. The molecule has 10 atom stereocenters. The quantitative estimate of drug-likeness (QED) is 0.129. The van der Waals surface area contributed by atoms with E-state index in [4.69, 9.17) is 28.1 Å². The van der Waals surface area contributed by atoms with Gasteiger partial charge in [-0.25, -0.2) is 0 Å². The van der Waals surface area contributed by atoms with E-state index in [0.717, 1.165) is 24.3 Å². The van der Waals surface area contributed by atoms with Gasteiger partial charge in [0.1, 0.15) is 65.2 Å². The number of hydrogen-bond donors (Lipinski definition) is 10. The molecule has 2 saturated heterocycles. The zero-order valence-electron chi connectivity index (χ0n) is 23.6. The molecule has 0 radical (unpaired) electrons. The second-order valence-electron chi connectivity index (χ2n) is 10.6. The summed E-state index contributed by atoms with van der Waals surface area (Å²) in [5.41, 5.74) is -1.51. The molecular formula is C28H32O17. The highest BCUT2D eigenvalue weighted by Crippen LogP contribution is 2.43. The Hall–Kier alpha value is -3.91. The summed E-state index contributed by atoms with van der Waals surface area (Å²) in [4.78, 5) is 13.7.